The predicted molar refractivity (Wildman–Crippen MR) is 85.3 cm³/mol. The van der Waals surface area contributed by atoms with Crippen molar-refractivity contribution in [3.8, 4) is 0 Å². The lowest BCUT2D eigenvalue weighted by atomic mass is 9.97. The molecule has 4 heteroatoms. The summed E-state index contributed by atoms with van der Waals surface area (Å²) in [5.41, 5.74) is -0.403. The molecule has 0 saturated carbocycles. The minimum absolute atomic E-state index is 0.119. The van der Waals surface area contributed by atoms with E-state index in [1.165, 1.54) is 0 Å². The van der Waals surface area contributed by atoms with E-state index < -0.39 is 5.60 Å². The largest absolute Gasteiger partial charge is 0.444 e. The van der Waals surface area contributed by atoms with Gasteiger partial charge >= 0.3 is 6.09 Å². The Morgan fingerprint density at radius 2 is 1.67 bits per heavy atom. The molecular formula is C17H32N2O2. The van der Waals surface area contributed by atoms with Crippen LogP contribution < -0.4 is 0 Å². The molecule has 0 aliphatic carbocycles. The third-order valence-corrected chi connectivity index (χ3v) is 4.85. The van der Waals surface area contributed by atoms with Crippen LogP contribution in [-0.4, -0.2) is 53.2 Å². The van der Waals surface area contributed by atoms with Gasteiger partial charge in [-0.1, -0.05) is 20.8 Å². The van der Waals surface area contributed by atoms with E-state index in [0.717, 1.165) is 32.5 Å². The third-order valence-electron chi connectivity index (χ3n) is 4.85. The van der Waals surface area contributed by atoms with Gasteiger partial charge in [0.15, 0.2) is 0 Å². The van der Waals surface area contributed by atoms with Gasteiger partial charge in [0.05, 0.1) is 0 Å². The maximum atomic E-state index is 12.4. The van der Waals surface area contributed by atoms with Crippen LogP contribution in [0.5, 0.6) is 0 Å². The lowest BCUT2D eigenvalue weighted by Gasteiger charge is -2.42. The summed E-state index contributed by atoms with van der Waals surface area (Å²) < 4.78 is 5.58. The molecule has 21 heavy (non-hydrogen) atoms. The SMILES string of the molecule is CC(C)C(C)CN1CC2CCC(C1)N2C(=O)OC(C)(C)C. The molecule has 2 aliphatic heterocycles. The first kappa shape index (κ1) is 16.6. The smallest absolute Gasteiger partial charge is 0.410 e. The van der Waals surface area contributed by atoms with E-state index in [1.807, 2.05) is 25.7 Å². The van der Waals surface area contributed by atoms with Crippen molar-refractivity contribution in [3.05, 3.63) is 0 Å². The highest BCUT2D eigenvalue weighted by atomic mass is 16.6. The number of piperazine rings is 1. The second-order valence-corrected chi connectivity index (χ2v) is 8.21. The molecule has 2 saturated heterocycles. The number of nitrogens with zero attached hydrogens (tertiary/aromatic N) is 2. The summed E-state index contributed by atoms with van der Waals surface area (Å²) in [4.78, 5) is 17.0. The summed E-state index contributed by atoms with van der Waals surface area (Å²) in [6, 6.07) is 0.691. The topological polar surface area (TPSA) is 32.8 Å². The number of fused-ring (bicyclic) bond motifs is 2. The quantitative estimate of drug-likeness (QED) is 0.800. The lowest BCUT2D eigenvalue weighted by molar-refractivity contribution is -0.00674. The Bertz CT molecular complexity index is 361. The first-order chi connectivity index (χ1) is 9.67. The molecule has 0 spiro atoms. The average molecular weight is 296 g/mol. The number of carbonyl (C=O) groups is 1. The predicted octanol–water partition coefficient (Wildman–Crippen LogP) is 3.36. The standard InChI is InChI=1S/C17H32N2O2/c1-12(2)13(3)9-18-10-14-7-8-15(11-18)19(14)16(20)21-17(4,5)6/h12-15H,7-11H2,1-6H3. The van der Waals surface area contributed by atoms with Crippen molar-refractivity contribution in [2.24, 2.45) is 11.8 Å². The second-order valence-electron chi connectivity index (χ2n) is 8.21. The summed E-state index contributed by atoms with van der Waals surface area (Å²) in [5.74, 6) is 1.42. The Kier molecular flexibility index (Phi) is 4.86. The first-order valence-corrected chi connectivity index (χ1v) is 8.41. The van der Waals surface area contributed by atoms with E-state index in [9.17, 15) is 4.79 Å². The summed E-state index contributed by atoms with van der Waals surface area (Å²) in [6.45, 7) is 15.9. The molecule has 2 heterocycles. The molecule has 0 aromatic carbocycles. The Hall–Kier alpha value is -0.770. The number of ether oxygens (including phenoxy) is 1. The number of likely N-dealkylation sites (tertiary alicyclic amines) is 1. The van der Waals surface area contributed by atoms with Crippen molar-refractivity contribution in [2.75, 3.05) is 19.6 Å². The Labute approximate surface area is 129 Å². The van der Waals surface area contributed by atoms with Crippen LogP contribution in [0, 0.1) is 11.8 Å². The normalized spacial score (nSPS) is 28.0. The van der Waals surface area contributed by atoms with Gasteiger partial charge in [-0.2, -0.15) is 0 Å². The molecule has 2 fully saturated rings. The highest BCUT2D eigenvalue weighted by Crippen LogP contribution is 2.32. The maximum absolute atomic E-state index is 12.4. The van der Waals surface area contributed by atoms with Crippen LogP contribution in [0.2, 0.25) is 0 Å². The second kappa shape index (κ2) is 6.15. The van der Waals surface area contributed by atoms with Crippen molar-refractivity contribution in [2.45, 2.75) is 72.1 Å². The minimum atomic E-state index is -0.403. The molecule has 3 unspecified atom stereocenters. The van der Waals surface area contributed by atoms with Gasteiger partial charge in [-0.3, -0.25) is 9.80 Å². The van der Waals surface area contributed by atoms with E-state index in [0.29, 0.717) is 23.9 Å². The van der Waals surface area contributed by atoms with Gasteiger partial charge < -0.3 is 4.74 Å². The van der Waals surface area contributed by atoms with E-state index >= 15 is 0 Å². The van der Waals surface area contributed by atoms with Gasteiger partial charge in [-0.05, 0) is 45.4 Å². The molecule has 0 aromatic rings. The van der Waals surface area contributed by atoms with E-state index in [-0.39, 0.29) is 6.09 Å². The fourth-order valence-corrected chi connectivity index (χ4v) is 3.37. The zero-order valence-corrected chi connectivity index (χ0v) is 14.6. The monoisotopic (exact) mass is 296 g/mol. The summed E-state index contributed by atoms with van der Waals surface area (Å²) in [7, 11) is 0. The van der Waals surface area contributed by atoms with Gasteiger partial charge in [0.25, 0.3) is 0 Å². The molecule has 0 radical (unpaired) electrons. The van der Waals surface area contributed by atoms with Crippen LogP contribution in [-0.2, 0) is 4.74 Å². The van der Waals surface area contributed by atoms with Crippen LogP contribution in [0.4, 0.5) is 4.79 Å². The van der Waals surface area contributed by atoms with Crippen molar-refractivity contribution < 1.29 is 9.53 Å². The molecule has 2 rings (SSSR count). The van der Waals surface area contributed by atoms with Gasteiger partial charge in [-0.15, -0.1) is 0 Å². The van der Waals surface area contributed by atoms with Crippen LogP contribution in [0.25, 0.3) is 0 Å². The number of amides is 1. The Morgan fingerprint density at radius 1 is 1.14 bits per heavy atom. The zero-order valence-electron chi connectivity index (χ0n) is 14.6. The van der Waals surface area contributed by atoms with Gasteiger partial charge in [0.1, 0.15) is 5.60 Å². The molecule has 0 aromatic heterocycles. The van der Waals surface area contributed by atoms with Gasteiger partial charge in [0.2, 0.25) is 0 Å². The summed E-state index contributed by atoms with van der Waals surface area (Å²) >= 11 is 0. The van der Waals surface area contributed by atoms with Crippen LogP contribution in [0.3, 0.4) is 0 Å². The number of hydrogen-bond acceptors (Lipinski definition) is 3. The van der Waals surface area contributed by atoms with Crippen LogP contribution in [0.15, 0.2) is 0 Å². The van der Waals surface area contributed by atoms with Crippen molar-refractivity contribution in [1.29, 1.82) is 0 Å². The molecule has 3 atom stereocenters. The molecule has 0 N–H and O–H groups in total. The van der Waals surface area contributed by atoms with E-state index in [2.05, 4.69) is 25.7 Å². The minimum Gasteiger partial charge on any atom is -0.444 e. The molecule has 122 valence electrons. The summed E-state index contributed by atoms with van der Waals surface area (Å²) in [6.07, 6.45) is 2.12. The number of carbonyl (C=O) groups excluding carboxylic acids is 1. The highest BCUT2D eigenvalue weighted by Gasteiger charge is 2.44. The molecule has 1 amide bonds. The number of rotatable bonds is 3. The molecule has 2 aliphatic rings. The lowest BCUT2D eigenvalue weighted by Crippen LogP contribution is -2.57. The fraction of sp³-hybridized carbons (Fsp3) is 0.941. The fourth-order valence-electron chi connectivity index (χ4n) is 3.37. The first-order valence-electron chi connectivity index (χ1n) is 8.41. The van der Waals surface area contributed by atoms with Crippen LogP contribution >= 0.6 is 0 Å². The van der Waals surface area contributed by atoms with E-state index in [4.69, 9.17) is 4.74 Å². The Morgan fingerprint density at radius 3 is 2.10 bits per heavy atom. The van der Waals surface area contributed by atoms with Crippen molar-refractivity contribution in [1.82, 2.24) is 9.80 Å². The number of hydrogen-bond donors (Lipinski definition) is 0. The van der Waals surface area contributed by atoms with Crippen LogP contribution in [0.1, 0.15) is 54.4 Å². The molecule has 2 bridgehead atoms. The van der Waals surface area contributed by atoms with Gasteiger partial charge in [0, 0.05) is 31.7 Å². The van der Waals surface area contributed by atoms with Crippen molar-refractivity contribution >= 4 is 6.09 Å². The molecular weight excluding hydrogens is 264 g/mol. The maximum Gasteiger partial charge on any atom is 0.410 e. The molecule has 4 nitrogen and oxygen atoms in total. The summed E-state index contributed by atoms with van der Waals surface area (Å²) in [5, 5.41) is 0. The van der Waals surface area contributed by atoms with Crippen molar-refractivity contribution in [3.63, 3.8) is 0 Å². The zero-order chi connectivity index (χ0) is 15.8. The van der Waals surface area contributed by atoms with Gasteiger partial charge in [-0.25, -0.2) is 4.79 Å². The highest BCUT2D eigenvalue weighted by molar-refractivity contribution is 5.69. The third kappa shape index (κ3) is 4.12. The average Bonchev–Trinajstić information content (AvgIpc) is 2.59. The van der Waals surface area contributed by atoms with E-state index in [1.54, 1.807) is 0 Å². The Balaban J connectivity index is 1.94.